The summed E-state index contributed by atoms with van der Waals surface area (Å²) in [6.45, 7) is 1.68. The molecule has 1 heterocycles. The molecule has 0 unspecified atom stereocenters. The number of anilines is 1. The van der Waals surface area contributed by atoms with Gasteiger partial charge in [-0.1, -0.05) is 12.1 Å². The number of benzene rings is 1. The number of nitriles is 1. The molecule has 4 N–H and O–H groups in total. The van der Waals surface area contributed by atoms with E-state index in [-0.39, 0.29) is 16.9 Å². The maximum absolute atomic E-state index is 13.2. The van der Waals surface area contributed by atoms with E-state index in [0.717, 1.165) is 6.07 Å². The number of pyridine rings is 1. The average molecular weight is 300 g/mol. The monoisotopic (exact) mass is 300 g/mol. The molecule has 0 aliphatic carbocycles. The number of aromatic amines is 1. The number of nitrogens with two attached hydrogens (primary N) is 1. The normalized spacial score (nSPS) is 11.5. The van der Waals surface area contributed by atoms with Crippen molar-refractivity contribution in [1.29, 1.82) is 5.26 Å². The SMILES string of the molecule is C[C@@H](NC(=O)c1cc(C#N)c(=O)[nH]c1N)c1cccc(F)c1. The second-order valence-corrected chi connectivity index (χ2v) is 4.70. The number of hydrogen-bond acceptors (Lipinski definition) is 4. The van der Waals surface area contributed by atoms with E-state index < -0.39 is 23.3 Å². The third kappa shape index (κ3) is 3.12. The lowest BCUT2D eigenvalue weighted by molar-refractivity contribution is 0.0940. The highest BCUT2D eigenvalue weighted by Crippen LogP contribution is 2.15. The van der Waals surface area contributed by atoms with Crippen LogP contribution in [0.3, 0.4) is 0 Å². The van der Waals surface area contributed by atoms with Crippen LogP contribution in [0.4, 0.5) is 10.2 Å². The second-order valence-electron chi connectivity index (χ2n) is 4.70. The van der Waals surface area contributed by atoms with Crippen molar-refractivity contribution in [3.8, 4) is 6.07 Å². The minimum absolute atomic E-state index is 0.0144. The van der Waals surface area contributed by atoms with Gasteiger partial charge >= 0.3 is 0 Å². The zero-order valence-corrected chi connectivity index (χ0v) is 11.7. The van der Waals surface area contributed by atoms with Crippen LogP contribution in [-0.2, 0) is 0 Å². The number of carbonyl (C=O) groups is 1. The standard InChI is InChI=1S/C15H13FN4O2/c1-8(9-3-2-4-11(16)5-9)19-15(22)12-6-10(7-17)14(21)20-13(12)18/h2-6,8H,1H3,(H,19,22)(H3,18,20,21)/t8-/m1/s1. The molecule has 2 aromatic rings. The Balaban J connectivity index is 2.26. The van der Waals surface area contributed by atoms with E-state index in [9.17, 15) is 14.0 Å². The predicted molar refractivity (Wildman–Crippen MR) is 78.5 cm³/mol. The maximum atomic E-state index is 13.2. The third-order valence-corrected chi connectivity index (χ3v) is 3.13. The molecule has 1 amide bonds. The Hall–Kier alpha value is -3.14. The lowest BCUT2D eigenvalue weighted by Gasteiger charge is -2.15. The molecule has 0 aliphatic rings. The molecule has 6 nitrogen and oxygen atoms in total. The first-order chi connectivity index (χ1) is 10.4. The van der Waals surface area contributed by atoms with Gasteiger partial charge in [0.1, 0.15) is 23.3 Å². The highest BCUT2D eigenvalue weighted by atomic mass is 19.1. The summed E-state index contributed by atoms with van der Waals surface area (Å²) in [5.41, 5.74) is 5.30. The number of nitrogen functional groups attached to an aromatic ring is 1. The smallest absolute Gasteiger partial charge is 0.267 e. The number of rotatable bonds is 3. The molecular formula is C15H13FN4O2. The van der Waals surface area contributed by atoms with Gasteiger partial charge in [0.05, 0.1) is 11.6 Å². The first kappa shape index (κ1) is 15.3. The van der Waals surface area contributed by atoms with Gasteiger partial charge in [-0.2, -0.15) is 5.26 Å². The lowest BCUT2D eigenvalue weighted by Crippen LogP contribution is -2.29. The Morgan fingerprint density at radius 1 is 1.45 bits per heavy atom. The lowest BCUT2D eigenvalue weighted by atomic mass is 10.1. The van der Waals surface area contributed by atoms with Crippen LogP contribution in [0.15, 0.2) is 35.1 Å². The van der Waals surface area contributed by atoms with E-state index >= 15 is 0 Å². The number of hydrogen-bond donors (Lipinski definition) is 3. The Labute approximate surface area is 125 Å². The second kappa shape index (κ2) is 6.10. The van der Waals surface area contributed by atoms with Crippen molar-refractivity contribution in [3.05, 3.63) is 63.2 Å². The molecule has 1 aromatic carbocycles. The number of amides is 1. The quantitative estimate of drug-likeness (QED) is 0.796. The Morgan fingerprint density at radius 3 is 2.82 bits per heavy atom. The largest absolute Gasteiger partial charge is 0.385 e. The van der Waals surface area contributed by atoms with Gasteiger partial charge < -0.3 is 16.0 Å². The summed E-state index contributed by atoms with van der Waals surface area (Å²) < 4.78 is 13.2. The predicted octanol–water partition coefficient (Wildman–Crippen LogP) is 1.46. The van der Waals surface area contributed by atoms with E-state index in [1.165, 1.54) is 18.2 Å². The zero-order valence-electron chi connectivity index (χ0n) is 11.7. The fourth-order valence-corrected chi connectivity index (χ4v) is 1.95. The highest BCUT2D eigenvalue weighted by Gasteiger charge is 2.16. The van der Waals surface area contributed by atoms with E-state index in [0.29, 0.717) is 5.56 Å². The van der Waals surface area contributed by atoms with Crippen LogP contribution in [-0.4, -0.2) is 10.9 Å². The average Bonchev–Trinajstić information content (AvgIpc) is 2.47. The van der Waals surface area contributed by atoms with Crippen molar-refractivity contribution >= 4 is 11.7 Å². The van der Waals surface area contributed by atoms with Crippen molar-refractivity contribution in [2.24, 2.45) is 0 Å². The topological polar surface area (TPSA) is 112 Å². The summed E-state index contributed by atoms with van der Waals surface area (Å²) in [5, 5.41) is 11.5. The van der Waals surface area contributed by atoms with Crippen molar-refractivity contribution in [3.63, 3.8) is 0 Å². The number of aromatic nitrogens is 1. The van der Waals surface area contributed by atoms with Gasteiger partial charge in [0.25, 0.3) is 11.5 Å². The van der Waals surface area contributed by atoms with Crippen LogP contribution in [0, 0.1) is 17.1 Å². The Morgan fingerprint density at radius 2 is 2.18 bits per heavy atom. The minimum atomic E-state index is -0.658. The van der Waals surface area contributed by atoms with Crippen LogP contribution in [0.5, 0.6) is 0 Å². The molecular weight excluding hydrogens is 287 g/mol. The molecule has 0 aliphatic heterocycles. The number of H-pyrrole nitrogens is 1. The van der Waals surface area contributed by atoms with Crippen molar-refractivity contribution in [1.82, 2.24) is 10.3 Å². The van der Waals surface area contributed by atoms with Gasteiger partial charge in [0, 0.05) is 0 Å². The van der Waals surface area contributed by atoms with Crippen molar-refractivity contribution in [2.75, 3.05) is 5.73 Å². The van der Waals surface area contributed by atoms with Crippen LogP contribution in [0.1, 0.15) is 34.5 Å². The summed E-state index contributed by atoms with van der Waals surface area (Å²) in [5.74, 6) is -1.11. The summed E-state index contributed by atoms with van der Waals surface area (Å²) in [7, 11) is 0. The molecule has 112 valence electrons. The highest BCUT2D eigenvalue weighted by molar-refractivity contribution is 5.98. The molecule has 1 atom stereocenters. The number of nitrogens with zero attached hydrogens (tertiary/aromatic N) is 1. The Kier molecular flexibility index (Phi) is 4.23. The maximum Gasteiger partial charge on any atom is 0.267 e. The molecule has 2 rings (SSSR count). The molecule has 7 heteroatoms. The van der Waals surface area contributed by atoms with Crippen molar-refractivity contribution in [2.45, 2.75) is 13.0 Å². The first-order valence-electron chi connectivity index (χ1n) is 6.41. The minimum Gasteiger partial charge on any atom is -0.385 e. The zero-order chi connectivity index (χ0) is 16.3. The third-order valence-electron chi connectivity index (χ3n) is 3.13. The summed E-state index contributed by atoms with van der Waals surface area (Å²) in [6.07, 6.45) is 0. The van der Waals surface area contributed by atoms with Gasteiger partial charge in [0.15, 0.2) is 0 Å². The molecule has 0 fully saturated rings. The first-order valence-corrected chi connectivity index (χ1v) is 6.41. The van der Waals surface area contributed by atoms with E-state index in [2.05, 4.69) is 10.3 Å². The number of halogens is 1. The van der Waals surface area contributed by atoms with Crippen LogP contribution in [0.2, 0.25) is 0 Å². The van der Waals surface area contributed by atoms with Crippen LogP contribution in [0.25, 0.3) is 0 Å². The molecule has 0 saturated heterocycles. The Bertz CT molecular complexity index is 823. The van der Waals surface area contributed by atoms with Crippen LogP contribution < -0.4 is 16.6 Å². The molecule has 22 heavy (non-hydrogen) atoms. The van der Waals surface area contributed by atoms with E-state index in [4.69, 9.17) is 11.0 Å². The van der Waals surface area contributed by atoms with Crippen LogP contribution >= 0.6 is 0 Å². The summed E-state index contributed by atoms with van der Waals surface area (Å²) in [4.78, 5) is 25.8. The molecule has 0 bridgehead atoms. The fourth-order valence-electron chi connectivity index (χ4n) is 1.95. The molecule has 0 saturated carbocycles. The number of carbonyl (C=O) groups excluding carboxylic acids is 1. The summed E-state index contributed by atoms with van der Waals surface area (Å²) in [6, 6.07) is 8.15. The molecule has 0 radical (unpaired) electrons. The van der Waals surface area contributed by atoms with Gasteiger partial charge in [-0.15, -0.1) is 0 Å². The molecule has 0 spiro atoms. The van der Waals surface area contributed by atoms with Gasteiger partial charge in [-0.25, -0.2) is 4.39 Å². The number of nitrogens with one attached hydrogen (secondary N) is 2. The van der Waals surface area contributed by atoms with Crippen molar-refractivity contribution < 1.29 is 9.18 Å². The summed E-state index contributed by atoms with van der Waals surface area (Å²) >= 11 is 0. The van der Waals surface area contributed by atoms with E-state index in [1.807, 2.05) is 0 Å². The molecule has 1 aromatic heterocycles. The van der Waals surface area contributed by atoms with Gasteiger partial charge in [-0.3, -0.25) is 9.59 Å². The van der Waals surface area contributed by atoms with Gasteiger partial charge in [-0.05, 0) is 30.7 Å². The van der Waals surface area contributed by atoms with Gasteiger partial charge in [0.2, 0.25) is 0 Å². The fraction of sp³-hybridized carbons (Fsp3) is 0.133. The van der Waals surface area contributed by atoms with E-state index in [1.54, 1.807) is 19.1 Å².